The molecule has 2 rings (SSSR count). The Morgan fingerprint density at radius 2 is 2.00 bits per heavy atom. The van der Waals surface area contributed by atoms with Gasteiger partial charge in [-0.1, -0.05) is 18.2 Å². The first-order valence-corrected chi connectivity index (χ1v) is 6.85. The van der Waals surface area contributed by atoms with Crippen molar-refractivity contribution in [2.45, 2.75) is 19.4 Å². The van der Waals surface area contributed by atoms with E-state index in [0.29, 0.717) is 13.1 Å². The molecule has 0 radical (unpaired) electrons. The summed E-state index contributed by atoms with van der Waals surface area (Å²) >= 11 is 0. The number of hydrogen-bond donors (Lipinski definition) is 1. The number of nitrogens with zero attached hydrogens (tertiary/aromatic N) is 1. The number of rotatable bonds is 5. The highest BCUT2D eigenvalue weighted by Gasteiger charge is 2.32. The van der Waals surface area contributed by atoms with Gasteiger partial charge in [0.1, 0.15) is 5.82 Å². The van der Waals surface area contributed by atoms with Crippen molar-refractivity contribution in [2.24, 2.45) is 11.1 Å². The summed E-state index contributed by atoms with van der Waals surface area (Å²) in [5.74, 6) is -0.136. The number of halogens is 1. The molecule has 1 aliphatic rings. The van der Waals surface area contributed by atoms with Crippen molar-refractivity contribution >= 4 is 0 Å². The van der Waals surface area contributed by atoms with Crippen LogP contribution < -0.4 is 5.73 Å². The lowest BCUT2D eigenvalue weighted by molar-refractivity contribution is 0.00256. The van der Waals surface area contributed by atoms with Crippen LogP contribution in [0, 0.1) is 11.2 Å². The van der Waals surface area contributed by atoms with Gasteiger partial charge >= 0.3 is 0 Å². The predicted octanol–water partition coefficient (Wildman–Crippen LogP) is 2.01. The van der Waals surface area contributed by atoms with Crippen molar-refractivity contribution in [1.29, 1.82) is 0 Å². The lowest BCUT2D eigenvalue weighted by Crippen LogP contribution is -2.44. The SMILES string of the molecule is CN(Cc1ccccc1F)CC1(CN)CCOCC1. The first kappa shape index (κ1) is 14.4. The fourth-order valence-electron chi connectivity index (χ4n) is 2.78. The van der Waals surface area contributed by atoms with Crippen LogP contribution in [-0.4, -0.2) is 38.3 Å². The zero-order chi connectivity index (χ0) is 13.7. The molecule has 19 heavy (non-hydrogen) atoms. The van der Waals surface area contributed by atoms with Crippen LogP contribution in [0.1, 0.15) is 18.4 Å². The van der Waals surface area contributed by atoms with E-state index in [1.165, 1.54) is 6.07 Å². The van der Waals surface area contributed by atoms with Gasteiger partial charge < -0.3 is 15.4 Å². The maximum Gasteiger partial charge on any atom is 0.127 e. The monoisotopic (exact) mass is 266 g/mol. The molecule has 0 amide bonds. The van der Waals surface area contributed by atoms with Crippen molar-refractivity contribution < 1.29 is 9.13 Å². The third kappa shape index (κ3) is 3.75. The molecule has 3 nitrogen and oxygen atoms in total. The Kier molecular flexibility index (Phi) is 4.91. The van der Waals surface area contributed by atoms with Crippen LogP contribution in [0.4, 0.5) is 4.39 Å². The van der Waals surface area contributed by atoms with Gasteiger partial charge in [0, 0.05) is 31.9 Å². The Morgan fingerprint density at radius 3 is 2.63 bits per heavy atom. The topological polar surface area (TPSA) is 38.5 Å². The minimum absolute atomic E-state index is 0.123. The maximum atomic E-state index is 13.6. The minimum atomic E-state index is -0.136. The second-order valence-corrected chi connectivity index (χ2v) is 5.58. The van der Waals surface area contributed by atoms with Crippen LogP contribution in [-0.2, 0) is 11.3 Å². The van der Waals surface area contributed by atoms with Crippen LogP contribution in [0.15, 0.2) is 24.3 Å². The molecule has 1 saturated heterocycles. The van der Waals surface area contributed by atoms with E-state index >= 15 is 0 Å². The molecule has 1 aromatic rings. The summed E-state index contributed by atoms with van der Waals surface area (Å²) in [7, 11) is 2.03. The maximum absolute atomic E-state index is 13.6. The van der Waals surface area contributed by atoms with Crippen LogP contribution in [0.25, 0.3) is 0 Å². The molecule has 0 unspecified atom stereocenters. The summed E-state index contributed by atoms with van der Waals surface area (Å²) in [6.45, 7) is 3.74. The number of benzene rings is 1. The van der Waals surface area contributed by atoms with E-state index < -0.39 is 0 Å². The molecule has 1 heterocycles. The molecule has 0 bridgehead atoms. The summed E-state index contributed by atoms with van der Waals surface area (Å²) in [5.41, 5.74) is 6.82. The Bertz CT molecular complexity index is 405. The molecule has 0 saturated carbocycles. The quantitative estimate of drug-likeness (QED) is 0.886. The summed E-state index contributed by atoms with van der Waals surface area (Å²) < 4.78 is 19.0. The minimum Gasteiger partial charge on any atom is -0.381 e. The van der Waals surface area contributed by atoms with Crippen molar-refractivity contribution in [2.75, 3.05) is 33.4 Å². The van der Waals surface area contributed by atoms with E-state index in [0.717, 1.165) is 38.2 Å². The molecule has 1 aromatic carbocycles. The molecule has 0 spiro atoms. The van der Waals surface area contributed by atoms with E-state index in [1.807, 2.05) is 19.2 Å². The summed E-state index contributed by atoms with van der Waals surface area (Å²) in [4.78, 5) is 2.16. The van der Waals surface area contributed by atoms with E-state index in [9.17, 15) is 4.39 Å². The van der Waals surface area contributed by atoms with Gasteiger partial charge in [0.2, 0.25) is 0 Å². The van der Waals surface area contributed by atoms with Gasteiger partial charge in [-0.2, -0.15) is 0 Å². The highest BCUT2D eigenvalue weighted by atomic mass is 19.1. The molecular weight excluding hydrogens is 243 g/mol. The highest BCUT2D eigenvalue weighted by Crippen LogP contribution is 2.30. The smallest absolute Gasteiger partial charge is 0.127 e. The molecule has 106 valence electrons. The first-order chi connectivity index (χ1) is 9.15. The summed E-state index contributed by atoms with van der Waals surface area (Å²) in [6.07, 6.45) is 1.98. The van der Waals surface area contributed by atoms with Gasteiger partial charge in [0.15, 0.2) is 0 Å². The number of ether oxygens (including phenoxy) is 1. The molecule has 0 atom stereocenters. The van der Waals surface area contributed by atoms with Gasteiger partial charge in [-0.15, -0.1) is 0 Å². The lowest BCUT2D eigenvalue weighted by Gasteiger charge is -2.39. The highest BCUT2D eigenvalue weighted by molar-refractivity contribution is 5.17. The van der Waals surface area contributed by atoms with Crippen LogP contribution in [0.5, 0.6) is 0 Å². The third-order valence-electron chi connectivity index (χ3n) is 3.99. The average Bonchev–Trinajstić information content (AvgIpc) is 2.42. The van der Waals surface area contributed by atoms with E-state index in [4.69, 9.17) is 10.5 Å². The van der Waals surface area contributed by atoms with Crippen molar-refractivity contribution in [1.82, 2.24) is 4.90 Å². The van der Waals surface area contributed by atoms with Crippen LogP contribution in [0.3, 0.4) is 0 Å². The zero-order valence-corrected chi connectivity index (χ0v) is 11.6. The van der Waals surface area contributed by atoms with Crippen LogP contribution in [0.2, 0.25) is 0 Å². The number of hydrogen-bond acceptors (Lipinski definition) is 3. The molecule has 4 heteroatoms. The normalized spacial score (nSPS) is 18.7. The van der Waals surface area contributed by atoms with Crippen LogP contribution >= 0.6 is 0 Å². The molecule has 1 fully saturated rings. The largest absolute Gasteiger partial charge is 0.381 e. The first-order valence-electron chi connectivity index (χ1n) is 6.85. The van der Waals surface area contributed by atoms with Gasteiger partial charge in [0.25, 0.3) is 0 Å². The fraction of sp³-hybridized carbons (Fsp3) is 0.600. The second-order valence-electron chi connectivity index (χ2n) is 5.58. The van der Waals surface area contributed by atoms with Gasteiger partial charge in [0.05, 0.1) is 0 Å². The lowest BCUT2D eigenvalue weighted by atomic mass is 9.80. The Morgan fingerprint density at radius 1 is 1.32 bits per heavy atom. The number of nitrogens with two attached hydrogens (primary N) is 1. The third-order valence-corrected chi connectivity index (χ3v) is 3.99. The molecule has 0 aromatic heterocycles. The predicted molar refractivity (Wildman–Crippen MR) is 74.3 cm³/mol. The van der Waals surface area contributed by atoms with Gasteiger partial charge in [-0.3, -0.25) is 0 Å². The van der Waals surface area contributed by atoms with E-state index in [1.54, 1.807) is 6.07 Å². The molecule has 0 aliphatic carbocycles. The Balaban J connectivity index is 1.96. The van der Waals surface area contributed by atoms with Gasteiger partial charge in [-0.25, -0.2) is 4.39 Å². The second kappa shape index (κ2) is 6.46. The van der Waals surface area contributed by atoms with E-state index in [2.05, 4.69) is 4.90 Å². The summed E-state index contributed by atoms with van der Waals surface area (Å²) in [6, 6.07) is 6.94. The van der Waals surface area contributed by atoms with Crippen molar-refractivity contribution in [3.8, 4) is 0 Å². The Labute approximate surface area is 114 Å². The fourth-order valence-corrected chi connectivity index (χ4v) is 2.78. The molecule has 1 aliphatic heterocycles. The molecular formula is C15H23FN2O. The van der Waals surface area contributed by atoms with Crippen molar-refractivity contribution in [3.63, 3.8) is 0 Å². The summed E-state index contributed by atoms with van der Waals surface area (Å²) in [5, 5.41) is 0. The van der Waals surface area contributed by atoms with E-state index in [-0.39, 0.29) is 11.2 Å². The Hall–Kier alpha value is -0.970. The standard InChI is InChI=1S/C15H23FN2O/c1-18(10-13-4-2-3-5-14(13)16)12-15(11-17)6-8-19-9-7-15/h2-5H,6-12,17H2,1H3. The van der Waals surface area contributed by atoms with Gasteiger partial charge in [-0.05, 0) is 37.9 Å². The van der Waals surface area contributed by atoms with Crippen molar-refractivity contribution in [3.05, 3.63) is 35.6 Å². The average molecular weight is 266 g/mol. The zero-order valence-electron chi connectivity index (χ0n) is 11.6. The molecule has 2 N–H and O–H groups in total.